The number of hydrogen-bond acceptors (Lipinski definition) is 6. The predicted molar refractivity (Wildman–Crippen MR) is 147 cm³/mol. The van der Waals surface area contributed by atoms with E-state index in [0.717, 1.165) is 25.7 Å². The molecule has 1 aromatic heterocycles. The zero-order valence-electron chi connectivity index (χ0n) is 22.2. The molecular formula is C31H26F2N4O3. The zero-order valence-corrected chi connectivity index (χ0v) is 22.2. The van der Waals surface area contributed by atoms with Gasteiger partial charge >= 0.3 is 0 Å². The lowest BCUT2D eigenvalue weighted by Gasteiger charge is -2.20. The van der Waals surface area contributed by atoms with Crippen LogP contribution in [0.15, 0.2) is 53.3 Å². The lowest BCUT2D eigenvalue weighted by molar-refractivity contribution is 0.143. The number of nitrogens with one attached hydrogen (secondary N) is 1. The molecule has 0 aliphatic carbocycles. The Balaban J connectivity index is 1.77. The monoisotopic (exact) mass is 540 g/mol. The summed E-state index contributed by atoms with van der Waals surface area (Å²) < 4.78 is 35.5. The number of fused-ring (bicyclic) bond motifs is 1. The second kappa shape index (κ2) is 10.5. The molecule has 2 heterocycles. The van der Waals surface area contributed by atoms with Crippen LogP contribution in [0.25, 0.3) is 27.7 Å². The maximum Gasteiger partial charge on any atom is 0.266 e. The number of benzene rings is 3. The average Bonchev–Trinajstić information content (AvgIpc) is 3.46. The number of rotatable bonds is 4. The van der Waals surface area contributed by atoms with E-state index >= 15 is 0 Å². The molecule has 0 radical (unpaired) electrons. The summed E-state index contributed by atoms with van der Waals surface area (Å²) in [5.74, 6) is 3.56. The minimum atomic E-state index is -1.14. The van der Waals surface area contributed by atoms with Gasteiger partial charge in [-0.15, -0.1) is 0 Å². The highest BCUT2D eigenvalue weighted by atomic mass is 19.1. The quantitative estimate of drug-likeness (QED) is 0.362. The third kappa shape index (κ3) is 5.17. The second-order valence-electron chi connectivity index (χ2n) is 10.1. The molecule has 1 atom stereocenters. The lowest BCUT2D eigenvalue weighted by atomic mass is 9.98. The van der Waals surface area contributed by atoms with Crippen LogP contribution in [-0.4, -0.2) is 33.9 Å². The fourth-order valence-electron chi connectivity index (χ4n) is 4.81. The van der Waals surface area contributed by atoms with Gasteiger partial charge < -0.3 is 15.2 Å². The Morgan fingerprint density at radius 3 is 2.40 bits per heavy atom. The summed E-state index contributed by atoms with van der Waals surface area (Å²) in [6.07, 6.45) is 1.52. The van der Waals surface area contributed by atoms with Gasteiger partial charge in [0, 0.05) is 23.3 Å². The van der Waals surface area contributed by atoms with Crippen molar-refractivity contribution < 1.29 is 18.6 Å². The molecule has 0 spiro atoms. The van der Waals surface area contributed by atoms with Crippen LogP contribution in [0.4, 0.5) is 8.78 Å². The van der Waals surface area contributed by atoms with Crippen molar-refractivity contribution >= 4 is 10.9 Å². The Labute approximate surface area is 229 Å². The maximum atomic E-state index is 14.7. The topological polar surface area (TPSA) is 100 Å². The lowest BCUT2D eigenvalue weighted by Crippen LogP contribution is -2.29. The van der Waals surface area contributed by atoms with Gasteiger partial charge in [-0.1, -0.05) is 24.0 Å². The largest absolute Gasteiger partial charge is 0.491 e. The van der Waals surface area contributed by atoms with Crippen molar-refractivity contribution in [1.82, 2.24) is 14.9 Å². The highest BCUT2D eigenvalue weighted by Gasteiger charge is 2.26. The highest BCUT2D eigenvalue weighted by molar-refractivity contribution is 5.94. The number of ether oxygens (including phenoxy) is 1. The van der Waals surface area contributed by atoms with Crippen LogP contribution < -0.4 is 15.6 Å². The fourth-order valence-corrected chi connectivity index (χ4v) is 4.81. The van der Waals surface area contributed by atoms with Crippen LogP contribution in [-0.2, 0) is 0 Å². The van der Waals surface area contributed by atoms with E-state index in [-0.39, 0.29) is 22.7 Å². The molecule has 1 fully saturated rings. The molecule has 9 heteroatoms. The van der Waals surface area contributed by atoms with E-state index in [1.807, 2.05) is 0 Å². The molecule has 1 aliphatic rings. The van der Waals surface area contributed by atoms with Gasteiger partial charge in [0.15, 0.2) is 17.4 Å². The molecule has 1 saturated heterocycles. The molecule has 7 nitrogen and oxygen atoms in total. The predicted octanol–water partition coefficient (Wildman–Crippen LogP) is 4.76. The number of methoxy groups -OCH3 is 1. The summed E-state index contributed by atoms with van der Waals surface area (Å²) in [6, 6.07) is 14.1. The number of halogens is 2. The summed E-state index contributed by atoms with van der Waals surface area (Å²) in [6.45, 7) is 3.90. The molecule has 2 N–H and O–H groups in total. The third-order valence-corrected chi connectivity index (χ3v) is 6.65. The molecule has 40 heavy (non-hydrogen) atoms. The molecule has 0 amide bonds. The number of nitriles is 1. The standard InChI is InChI=1S/C31H26F2N4O3/c1-31(2,39)11-10-18-6-8-20(9-7-18)22-13-19(17-34)14-23-27(22)36-29(26-5-4-12-35-26)37(30(23)38)21-15-24(32)28(40-3)25(33)16-21/h6-9,13-16,26,35,39H,4-5,12H2,1-3H3. The molecule has 1 aliphatic heterocycles. The number of nitrogens with zero attached hydrogens (tertiary/aromatic N) is 3. The first kappa shape index (κ1) is 27.0. The highest BCUT2D eigenvalue weighted by Crippen LogP contribution is 2.32. The van der Waals surface area contributed by atoms with Crippen molar-refractivity contribution in [3.8, 4) is 40.5 Å². The minimum Gasteiger partial charge on any atom is -0.491 e. The van der Waals surface area contributed by atoms with Gasteiger partial charge in [-0.2, -0.15) is 5.26 Å². The van der Waals surface area contributed by atoms with E-state index in [1.54, 1.807) is 44.2 Å². The Morgan fingerprint density at radius 1 is 1.12 bits per heavy atom. The van der Waals surface area contributed by atoms with Crippen LogP contribution in [0.3, 0.4) is 0 Å². The number of hydrogen-bond donors (Lipinski definition) is 2. The van der Waals surface area contributed by atoms with Gasteiger partial charge in [0.05, 0.1) is 41.4 Å². The summed E-state index contributed by atoms with van der Waals surface area (Å²) in [5.41, 5.74) is 0.827. The molecule has 1 unspecified atom stereocenters. The summed E-state index contributed by atoms with van der Waals surface area (Å²) in [5, 5.41) is 23.1. The zero-order chi connectivity index (χ0) is 28.6. The van der Waals surface area contributed by atoms with Gasteiger partial charge in [-0.05, 0) is 63.1 Å². The number of aromatic nitrogens is 2. The van der Waals surface area contributed by atoms with Crippen LogP contribution in [0, 0.1) is 34.8 Å². The normalized spacial score (nSPS) is 15.0. The molecule has 202 valence electrons. The maximum absolute atomic E-state index is 14.7. The van der Waals surface area contributed by atoms with Crippen molar-refractivity contribution in [2.45, 2.75) is 38.3 Å². The van der Waals surface area contributed by atoms with Crippen LogP contribution in [0.2, 0.25) is 0 Å². The van der Waals surface area contributed by atoms with E-state index in [9.17, 15) is 23.9 Å². The van der Waals surface area contributed by atoms with Gasteiger partial charge in [0.2, 0.25) is 0 Å². The van der Waals surface area contributed by atoms with Crippen LogP contribution in [0.5, 0.6) is 5.75 Å². The summed E-state index contributed by atoms with van der Waals surface area (Å²) in [4.78, 5) is 18.9. The summed E-state index contributed by atoms with van der Waals surface area (Å²) in [7, 11) is 1.16. The molecule has 3 aromatic carbocycles. The van der Waals surface area contributed by atoms with E-state index in [4.69, 9.17) is 9.72 Å². The van der Waals surface area contributed by atoms with Gasteiger partial charge in [-0.25, -0.2) is 13.8 Å². The van der Waals surface area contributed by atoms with E-state index < -0.39 is 28.5 Å². The third-order valence-electron chi connectivity index (χ3n) is 6.65. The molecule has 5 rings (SSSR count). The van der Waals surface area contributed by atoms with Gasteiger partial charge in [-0.3, -0.25) is 9.36 Å². The van der Waals surface area contributed by atoms with Crippen molar-refractivity contribution in [3.63, 3.8) is 0 Å². The first-order chi connectivity index (χ1) is 19.1. The first-order valence-electron chi connectivity index (χ1n) is 12.7. The van der Waals surface area contributed by atoms with Gasteiger partial charge in [0.1, 0.15) is 11.4 Å². The van der Waals surface area contributed by atoms with Crippen molar-refractivity contribution in [1.29, 1.82) is 5.26 Å². The van der Waals surface area contributed by atoms with Crippen LogP contribution >= 0.6 is 0 Å². The summed E-state index contributed by atoms with van der Waals surface area (Å²) >= 11 is 0. The van der Waals surface area contributed by atoms with Crippen molar-refractivity contribution in [2.75, 3.05) is 13.7 Å². The average molecular weight is 541 g/mol. The van der Waals surface area contributed by atoms with E-state index in [1.165, 1.54) is 10.6 Å². The second-order valence-corrected chi connectivity index (χ2v) is 10.1. The smallest absolute Gasteiger partial charge is 0.266 e. The molecule has 0 saturated carbocycles. The molecule has 4 aromatic rings. The first-order valence-corrected chi connectivity index (χ1v) is 12.7. The Bertz CT molecular complexity index is 1760. The Kier molecular flexibility index (Phi) is 7.12. The van der Waals surface area contributed by atoms with Crippen molar-refractivity contribution in [2.24, 2.45) is 0 Å². The SMILES string of the molecule is COc1c(F)cc(-n2c(C3CCCN3)nc3c(-c4ccc(C#CC(C)(C)O)cc4)cc(C#N)cc3c2=O)cc1F. The van der Waals surface area contributed by atoms with Crippen LogP contribution in [0.1, 0.15) is 49.7 Å². The van der Waals surface area contributed by atoms with E-state index in [0.29, 0.717) is 41.0 Å². The molecular weight excluding hydrogens is 514 g/mol. The minimum absolute atomic E-state index is 0.0301. The van der Waals surface area contributed by atoms with E-state index in [2.05, 4.69) is 23.2 Å². The number of aliphatic hydroxyl groups is 1. The van der Waals surface area contributed by atoms with Crippen molar-refractivity contribution in [3.05, 3.63) is 87.5 Å². The fraction of sp³-hybridized carbons (Fsp3) is 0.258. The molecule has 0 bridgehead atoms. The Hall–Kier alpha value is -4.57. The Morgan fingerprint density at radius 2 is 1.82 bits per heavy atom. The van der Waals surface area contributed by atoms with Gasteiger partial charge in [0.25, 0.3) is 5.56 Å².